The number of hydrogen-bond donors (Lipinski definition) is 2. The Balaban J connectivity index is 2.51. The van der Waals surface area contributed by atoms with Crippen molar-refractivity contribution in [2.75, 3.05) is 7.11 Å². The van der Waals surface area contributed by atoms with Crippen LogP contribution < -0.4 is 10.6 Å². The molecule has 1 aromatic carbocycles. The number of ether oxygens (including phenoxy) is 1. The first-order valence-corrected chi connectivity index (χ1v) is 8.01. The van der Waals surface area contributed by atoms with Crippen LogP contribution in [0.4, 0.5) is 0 Å². The zero-order valence-corrected chi connectivity index (χ0v) is 15.1. The number of nitrogens with one attached hydrogen (secondary N) is 2. The number of carbonyl (C=O) groups excluding carboxylic acids is 3. The number of Topliss-reactive ketones (excluding diaryl/α,β-unsaturated/α-hetero) is 1. The molecule has 2 atom stereocenters. The normalized spacial score (nSPS) is 22.4. The van der Waals surface area contributed by atoms with Crippen LogP contribution in [-0.4, -0.2) is 35.4 Å². The smallest absolute Gasteiger partial charge is 0.334 e. The van der Waals surface area contributed by atoms with Gasteiger partial charge in [0, 0.05) is 17.0 Å². The molecule has 0 unspecified atom stereocenters. The molecule has 1 aliphatic heterocycles. The fourth-order valence-electron chi connectivity index (χ4n) is 2.51. The summed E-state index contributed by atoms with van der Waals surface area (Å²) in [5.41, 5.74) is -1.92. The molecule has 0 spiro atoms. The van der Waals surface area contributed by atoms with Crippen LogP contribution in [-0.2, 0) is 14.3 Å². The second-order valence-corrected chi connectivity index (χ2v) is 6.44. The number of hydrogen-bond acceptors (Lipinski definition) is 6. The van der Waals surface area contributed by atoms with Crippen LogP contribution in [0.3, 0.4) is 0 Å². The molecule has 0 radical (unpaired) electrons. The molecular formula is C15H11Cl2N3O4S. The number of rotatable bonds is 4. The lowest BCUT2D eigenvalue weighted by molar-refractivity contribution is -0.152. The molecule has 130 valence electrons. The van der Waals surface area contributed by atoms with E-state index in [9.17, 15) is 19.6 Å². The average Bonchev–Trinajstić information content (AvgIpc) is 2.55. The molecule has 0 saturated carbocycles. The van der Waals surface area contributed by atoms with E-state index >= 15 is 0 Å². The molecule has 1 aliphatic rings. The molecule has 7 nitrogen and oxygen atoms in total. The largest absolute Gasteiger partial charge is 0.467 e. The van der Waals surface area contributed by atoms with Gasteiger partial charge < -0.3 is 15.4 Å². The van der Waals surface area contributed by atoms with Gasteiger partial charge in [-0.15, -0.1) is 0 Å². The number of esters is 1. The molecule has 0 aliphatic carbocycles. The quantitative estimate of drug-likeness (QED) is 0.449. The third kappa shape index (κ3) is 3.58. The van der Waals surface area contributed by atoms with E-state index in [1.54, 1.807) is 6.07 Å². The molecule has 1 saturated heterocycles. The van der Waals surface area contributed by atoms with E-state index in [-0.39, 0.29) is 20.7 Å². The van der Waals surface area contributed by atoms with Crippen LogP contribution in [0.25, 0.3) is 0 Å². The Hall–Kier alpha value is -2.21. The minimum absolute atomic E-state index is 0.0489. The minimum Gasteiger partial charge on any atom is -0.467 e. The Kier molecular flexibility index (Phi) is 5.62. The van der Waals surface area contributed by atoms with Crippen LogP contribution in [0, 0.1) is 17.2 Å². The zero-order valence-electron chi connectivity index (χ0n) is 12.8. The van der Waals surface area contributed by atoms with Gasteiger partial charge in [-0.1, -0.05) is 23.2 Å². The maximum Gasteiger partial charge on any atom is 0.334 e. The molecule has 1 aromatic rings. The standard InChI is InChI=1S/C15H11Cl2N3O4S/c1-24-13(23)15(9(6-18)12(22)19-14(25)20-15)5-11(21)8-4-7(16)2-3-10(8)17/h2-4,9H,5H2,1H3,(H2,19,20,22,25)/t9-,15+/m1/s1. The molecular weight excluding hydrogens is 389 g/mol. The van der Waals surface area contributed by atoms with Crippen molar-refractivity contribution in [1.29, 1.82) is 5.26 Å². The van der Waals surface area contributed by atoms with Crippen LogP contribution in [0.5, 0.6) is 0 Å². The van der Waals surface area contributed by atoms with Gasteiger partial charge >= 0.3 is 5.97 Å². The predicted molar refractivity (Wildman–Crippen MR) is 93.1 cm³/mol. The minimum atomic E-state index is -1.97. The Morgan fingerprint density at radius 1 is 1.44 bits per heavy atom. The maximum absolute atomic E-state index is 12.7. The lowest BCUT2D eigenvalue weighted by atomic mass is 9.77. The first kappa shape index (κ1) is 19.1. The third-order valence-electron chi connectivity index (χ3n) is 3.68. The van der Waals surface area contributed by atoms with E-state index in [4.69, 9.17) is 40.2 Å². The number of methoxy groups -OCH3 is 1. The van der Waals surface area contributed by atoms with E-state index in [0.717, 1.165) is 7.11 Å². The van der Waals surface area contributed by atoms with Gasteiger partial charge in [-0.3, -0.25) is 9.59 Å². The second kappa shape index (κ2) is 7.35. The van der Waals surface area contributed by atoms with Crippen molar-refractivity contribution in [1.82, 2.24) is 10.6 Å². The van der Waals surface area contributed by atoms with Crippen molar-refractivity contribution in [2.45, 2.75) is 12.0 Å². The molecule has 2 rings (SSSR count). The van der Waals surface area contributed by atoms with Gasteiger partial charge in [0.25, 0.3) is 0 Å². The van der Waals surface area contributed by atoms with Crippen LogP contribution >= 0.6 is 35.4 Å². The van der Waals surface area contributed by atoms with Crippen LogP contribution in [0.2, 0.25) is 10.0 Å². The Bertz CT molecular complexity index is 823. The van der Waals surface area contributed by atoms with Gasteiger partial charge in [0.15, 0.2) is 22.4 Å². The monoisotopic (exact) mass is 399 g/mol. The van der Waals surface area contributed by atoms with Crippen molar-refractivity contribution in [3.8, 4) is 6.07 Å². The molecule has 10 heteroatoms. The Morgan fingerprint density at radius 3 is 2.72 bits per heavy atom. The Labute approximate surface area is 158 Å². The summed E-state index contributed by atoms with van der Waals surface area (Å²) in [5, 5.41) is 14.3. The number of nitriles is 1. The van der Waals surface area contributed by atoms with E-state index < -0.39 is 35.5 Å². The van der Waals surface area contributed by atoms with Gasteiger partial charge in [0.1, 0.15) is 0 Å². The molecule has 1 heterocycles. The van der Waals surface area contributed by atoms with E-state index in [0.29, 0.717) is 0 Å². The van der Waals surface area contributed by atoms with E-state index in [1.807, 2.05) is 0 Å². The first-order valence-electron chi connectivity index (χ1n) is 6.84. The second-order valence-electron chi connectivity index (χ2n) is 5.19. The summed E-state index contributed by atoms with van der Waals surface area (Å²) in [5.74, 6) is -3.92. The molecule has 1 fully saturated rings. The van der Waals surface area contributed by atoms with Crippen LogP contribution in [0.15, 0.2) is 18.2 Å². The number of benzene rings is 1. The molecule has 0 bridgehead atoms. The summed E-state index contributed by atoms with van der Waals surface area (Å²) in [4.78, 5) is 37.2. The molecule has 1 amide bonds. The highest BCUT2D eigenvalue weighted by molar-refractivity contribution is 7.80. The van der Waals surface area contributed by atoms with Gasteiger partial charge in [-0.2, -0.15) is 5.26 Å². The number of amides is 1. The SMILES string of the molecule is COC(=O)[C@@]1(CC(=O)c2cc(Cl)ccc2Cl)NC(=S)NC(=O)[C@H]1C#N. The predicted octanol–water partition coefficient (Wildman–Crippen LogP) is 1.62. The summed E-state index contributed by atoms with van der Waals surface area (Å²) in [6.45, 7) is 0. The average molecular weight is 400 g/mol. The summed E-state index contributed by atoms with van der Waals surface area (Å²) in [7, 11) is 1.08. The number of ketones is 1. The third-order valence-corrected chi connectivity index (χ3v) is 4.44. The lowest BCUT2D eigenvalue weighted by Gasteiger charge is -2.38. The van der Waals surface area contributed by atoms with Gasteiger partial charge in [-0.25, -0.2) is 4.79 Å². The summed E-state index contributed by atoms with van der Waals surface area (Å²) >= 11 is 16.8. The highest BCUT2D eigenvalue weighted by Gasteiger charge is 2.55. The summed E-state index contributed by atoms with van der Waals surface area (Å²) in [6, 6.07) is 5.97. The van der Waals surface area contributed by atoms with Crippen molar-refractivity contribution < 1.29 is 19.1 Å². The van der Waals surface area contributed by atoms with Gasteiger partial charge in [-0.05, 0) is 30.4 Å². The zero-order chi connectivity index (χ0) is 18.8. The van der Waals surface area contributed by atoms with Crippen molar-refractivity contribution in [3.05, 3.63) is 33.8 Å². The first-order chi connectivity index (χ1) is 11.7. The molecule has 2 N–H and O–H groups in total. The van der Waals surface area contributed by atoms with E-state index in [1.165, 1.54) is 18.2 Å². The van der Waals surface area contributed by atoms with E-state index in [2.05, 4.69) is 10.6 Å². The molecule has 25 heavy (non-hydrogen) atoms. The number of carbonyl (C=O) groups is 3. The van der Waals surface area contributed by atoms with Crippen molar-refractivity contribution >= 4 is 58.2 Å². The topological polar surface area (TPSA) is 108 Å². The van der Waals surface area contributed by atoms with Gasteiger partial charge in [0.05, 0.1) is 18.2 Å². The van der Waals surface area contributed by atoms with Gasteiger partial charge in [0.2, 0.25) is 5.91 Å². The fraction of sp³-hybridized carbons (Fsp3) is 0.267. The maximum atomic E-state index is 12.7. The Morgan fingerprint density at radius 2 is 2.12 bits per heavy atom. The summed E-state index contributed by atoms with van der Waals surface area (Å²) in [6.07, 6.45) is -0.578. The molecule has 0 aromatic heterocycles. The number of nitrogens with zero attached hydrogens (tertiary/aromatic N) is 1. The van der Waals surface area contributed by atoms with Crippen molar-refractivity contribution in [3.63, 3.8) is 0 Å². The van der Waals surface area contributed by atoms with Crippen LogP contribution in [0.1, 0.15) is 16.8 Å². The number of thiocarbonyl (C=S) groups is 1. The lowest BCUT2D eigenvalue weighted by Crippen LogP contribution is -2.70. The van der Waals surface area contributed by atoms with Crippen molar-refractivity contribution in [2.24, 2.45) is 5.92 Å². The highest BCUT2D eigenvalue weighted by Crippen LogP contribution is 2.30. The summed E-state index contributed by atoms with van der Waals surface area (Å²) < 4.78 is 4.71. The number of halogens is 2. The highest BCUT2D eigenvalue weighted by atomic mass is 35.5. The fourth-order valence-corrected chi connectivity index (χ4v) is 3.19.